The van der Waals surface area contributed by atoms with Gasteiger partial charge in [0.2, 0.25) is 0 Å². The number of aromatic nitrogens is 1. The lowest BCUT2D eigenvalue weighted by Crippen LogP contribution is -2.14. The Kier molecular flexibility index (Phi) is 3.67. The Bertz CT molecular complexity index is 2150. The molecule has 0 aliphatic heterocycles. The lowest BCUT2D eigenvalue weighted by Gasteiger charge is -2.21. The van der Waals surface area contributed by atoms with Crippen molar-refractivity contribution in [3.63, 3.8) is 0 Å². The number of hydrogen-bond acceptors (Lipinski definition) is 0. The molecule has 7 aromatic rings. The first-order valence-electron chi connectivity index (χ1n) is 13.5. The summed E-state index contributed by atoms with van der Waals surface area (Å²) in [6.07, 6.45) is 0. The zero-order valence-corrected chi connectivity index (χ0v) is 21.4. The molecule has 0 saturated heterocycles. The van der Waals surface area contributed by atoms with Crippen LogP contribution in [0.1, 0.15) is 25.0 Å². The van der Waals surface area contributed by atoms with Crippen molar-refractivity contribution in [3.8, 4) is 39.1 Å². The molecule has 2 aliphatic rings. The second-order valence-corrected chi connectivity index (χ2v) is 11.4. The molecule has 0 unspecified atom stereocenters. The predicted molar refractivity (Wildman–Crippen MR) is 160 cm³/mol. The van der Waals surface area contributed by atoms with Gasteiger partial charge < -0.3 is 4.57 Å². The van der Waals surface area contributed by atoms with Gasteiger partial charge in [0.05, 0.1) is 11.0 Å². The summed E-state index contributed by atoms with van der Waals surface area (Å²) < 4.78 is 2.47. The number of nitrogens with zero attached hydrogens (tertiary/aromatic N) is 1. The van der Waals surface area contributed by atoms with E-state index in [0.717, 1.165) is 0 Å². The van der Waals surface area contributed by atoms with Crippen molar-refractivity contribution in [1.82, 2.24) is 4.57 Å². The van der Waals surface area contributed by atoms with E-state index in [9.17, 15) is 0 Å². The first-order chi connectivity index (χ1) is 18.6. The number of rotatable bonds is 1. The summed E-state index contributed by atoms with van der Waals surface area (Å²) in [5.74, 6) is 0. The average molecular weight is 484 g/mol. The molecule has 6 aromatic carbocycles. The van der Waals surface area contributed by atoms with Gasteiger partial charge in [0.15, 0.2) is 0 Å². The Labute approximate surface area is 221 Å². The third-order valence-electron chi connectivity index (χ3n) is 9.12. The molecule has 178 valence electrons. The van der Waals surface area contributed by atoms with Gasteiger partial charge in [-0.05, 0) is 85.6 Å². The zero-order valence-electron chi connectivity index (χ0n) is 21.4. The Morgan fingerprint density at radius 1 is 0.474 bits per heavy atom. The molecule has 9 rings (SSSR count). The van der Waals surface area contributed by atoms with Crippen LogP contribution < -0.4 is 0 Å². The maximum atomic E-state index is 2.47. The molecular weight excluding hydrogens is 458 g/mol. The maximum Gasteiger partial charge on any atom is 0.0547 e. The van der Waals surface area contributed by atoms with Crippen LogP contribution in [0.15, 0.2) is 115 Å². The second kappa shape index (κ2) is 6.82. The zero-order chi connectivity index (χ0) is 25.2. The minimum atomic E-state index is -0.0126. The predicted octanol–water partition coefficient (Wildman–Crippen LogP) is 9.89. The van der Waals surface area contributed by atoms with Crippen LogP contribution in [0, 0.1) is 0 Å². The second-order valence-electron chi connectivity index (χ2n) is 11.4. The van der Waals surface area contributed by atoms with Gasteiger partial charge in [-0.2, -0.15) is 0 Å². The topological polar surface area (TPSA) is 4.93 Å². The summed E-state index contributed by atoms with van der Waals surface area (Å²) in [5.41, 5.74) is 14.6. The maximum absolute atomic E-state index is 2.47. The lowest BCUT2D eigenvalue weighted by atomic mass is 9.82. The van der Waals surface area contributed by atoms with Crippen molar-refractivity contribution < 1.29 is 0 Å². The van der Waals surface area contributed by atoms with Gasteiger partial charge in [0.1, 0.15) is 0 Å². The summed E-state index contributed by atoms with van der Waals surface area (Å²) in [5, 5.41) is 5.32. The third kappa shape index (κ3) is 2.38. The molecule has 0 radical (unpaired) electrons. The monoisotopic (exact) mass is 483 g/mol. The van der Waals surface area contributed by atoms with E-state index in [4.69, 9.17) is 0 Å². The van der Waals surface area contributed by atoms with Gasteiger partial charge in [-0.1, -0.05) is 98.8 Å². The molecule has 0 spiro atoms. The van der Waals surface area contributed by atoms with E-state index in [-0.39, 0.29) is 5.41 Å². The SMILES string of the molecule is CC1(C)c2ccccc2-c2cc3c(cc21)c1ccccc1n3-c1ccc2c(c1)-c1cccc3cccc-2c13. The Morgan fingerprint density at radius 3 is 2.08 bits per heavy atom. The number of benzene rings is 6. The molecule has 0 saturated carbocycles. The first-order valence-corrected chi connectivity index (χ1v) is 13.5. The van der Waals surface area contributed by atoms with Crippen LogP contribution in [0.2, 0.25) is 0 Å². The molecule has 2 aliphatic carbocycles. The third-order valence-corrected chi connectivity index (χ3v) is 9.12. The largest absolute Gasteiger partial charge is 0.309 e. The quantitative estimate of drug-likeness (QED) is 0.219. The van der Waals surface area contributed by atoms with Crippen LogP contribution in [0.5, 0.6) is 0 Å². The van der Waals surface area contributed by atoms with Crippen LogP contribution in [0.25, 0.3) is 71.6 Å². The van der Waals surface area contributed by atoms with Crippen molar-refractivity contribution in [2.45, 2.75) is 19.3 Å². The Hall–Kier alpha value is -4.62. The highest BCUT2D eigenvalue weighted by atomic mass is 15.0. The van der Waals surface area contributed by atoms with Crippen LogP contribution in [-0.2, 0) is 5.41 Å². The van der Waals surface area contributed by atoms with Crippen LogP contribution in [-0.4, -0.2) is 4.57 Å². The van der Waals surface area contributed by atoms with E-state index in [1.165, 1.54) is 82.8 Å². The summed E-state index contributed by atoms with van der Waals surface area (Å²) in [4.78, 5) is 0. The summed E-state index contributed by atoms with van der Waals surface area (Å²) >= 11 is 0. The molecule has 0 bridgehead atoms. The molecule has 0 fully saturated rings. The molecule has 1 nitrogen and oxygen atoms in total. The number of para-hydroxylation sites is 1. The fourth-order valence-corrected chi connectivity index (χ4v) is 7.36. The molecule has 0 atom stereocenters. The van der Waals surface area contributed by atoms with Crippen LogP contribution >= 0.6 is 0 Å². The molecule has 1 heteroatoms. The van der Waals surface area contributed by atoms with E-state index in [1.54, 1.807) is 0 Å². The molecule has 0 amide bonds. The normalized spacial score (nSPS) is 14.3. The molecular formula is C37H25N. The molecule has 1 heterocycles. The van der Waals surface area contributed by atoms with E-state index in [2.05, 4.69) is 134 Å². The molecule has 1 aromatic heterocycles. The summed E-state index contributed by atoms with van der Waals surface area (Å²) in [7, 11) is 0. The van der Waals surface area contributed by atoms with Crippen molar-refractivity contribution >= 4 is 32.6 Å². The van der Waals surface area contributed by atoms with Gasteiger partial charge in [0, 0.05) is 21.9 Å². The fourth-order valence-electron chi connectivity index (χ4n) is 7.36. The molecule has 38 heavy (non-hydrogen) atoms. The molecule has 0 N–H and O–H groups in total. The van der Waals surface area contributed by atoms with Gasteiger partial charge in [-0.25, -0.2) is 0 Å². The van der Waals surface area contributed by atoms with Gasteiger partial charge >= 0.3 is 0 Å². The standard InChI is InChI=1S/C37H25N/c1-37(2)32-15-5-3-11-25(32)30-21-35-31(20-33(30)37)26-12-4-6-16-34(26)38(35)23-17-18-24-27-13-7-9-22-10-8-14-28(36(22)27)29(24)19-23/h3-21H,1-2H3. The fraction of sp³-hybridized carbons (Fsp3) is 0.0811. The highest BCUT2D eigenvalue weighted by Crippen LogP contribution is 2.52. The van der Waals surface area contributed by atoms with E-state index >= 15 is 0 Å². The number of hydrogen-bond donors (Lipinski definition) is 0. The van der Waals surface area contributed by atoms with Gasteiger partial charge in [0.25, 0.3) is 0 Å². The van der Waals surface area contributed by atoms with Crippen molar-refractivity contribution in [2.24, 2.45) is 0 Å². The van der Waals surface area contributed by atoms with Gasteiger partial charge in [-0.3, -0.25) is 0 Å². The van der Waals surface area contributed by atoms with E-state index in [0.29, 0.717) is 0 Å². The minimum absolute atomic E-state index is 0.0126. The van der Waals surface area contributed by atoms with Crippen molar-refractivity contribution in [3.05, 3.63) is 126 Å². The lowest BCUT2D eigenvalue weighted by molar-refractivity contribution is 0.661. The van der Waals surface area contributed by atoms with E-state index < -0.39 is 0 Å². The average Bonchev–Trinajstić information content (AvgIpc) is 3.53. The summed E-state index contributed by atoms with van der Waals surface area (Å²) in [6.45, 7) is 4.73. The van der Waals surface area contributed by atoms with E-state index in [1.807, 2.05) is 0 Å². The van der Waals surface area contributed by atoms with Crippen LogP contribution in [0.4, 0.5) is 0 Å². The van der Waals surface area contributed by atoms with Gasteiger partial charge in [-0.15, -0.1) is 0 Å². The Balaban J connectivity index is 1.37. The first kappa shape index (κ1) is 20.4. The highest BCUT2D eigenvalue weighted by Gasteiger charge is 2.36. The smallest absolute Gasteiger partial charge is 0.0547 e. The van der Waals surface area contributed by atoms with Crippen LogP contribution in [0.3, 0.4) is 0 Å². The highest BCUT2D eigenvalue weighted by molar-refractivity contribution is 6.16. The minimum Gasteiger partial charge on any atom is -0.309 e. The Morgan fingerprint density at radius 2 is 1.21 bits per heavy atom. The van der Waals surface area contributed by atoms with Crippen molar-refractivity contribution in [1.29, 1.82) is 0 Å². The number of fused-ring (bicyclic) bond motifs is 9. The van der Waals surface area contributed by atoms with Crippen molar-refractivity contribution in [2.75, 3.05) is 0 Å². The summed E-state index contributed by atoms with van der Waals surface area (Å²) in [6, 6.07) is 43.1.